The third-order valence-corrected chi connectivity index (χ3v) is 4.13. The summed E-state index contributed by atoms with van der Waals surface area (Å²) in [6.07, 6.45) is 1.81. The normalized spacial score (nSPS) is 10.3. The number of hydrogen-bond acceptors (Lipinski definition) is 3. The number of carbonyl (C=O) groups is 2. The highest BCUT2D eigenvalue weighted by Gasteiger charge is 2.08. The average Bonchev–Trinajstić information content (AvgIpc) is 2.65. The van der Waals surface area contributed by atoms with Gasteiger partial charge in [-0.05, 0) is 55.2 Å². The van der Waals surface area contributed by atoms with Gasteiger partial charge >= 0.3 is 0 Å². The molecule has 2 amide bonds. The molecule has 0 heterocycles. The molecule has 0 spiro atoms. The van der Waals surface area contributed by atoms with Crippen LogP contribution in [0.4, 0.5) is 11.4 Å². The monoisotopic (exact) mass is 353 g/mol. The summed E-state index contributed by atoms with van der Waals surface area (Å²) in [5.74, 6) is -0.225. The largest absolute Gasteiger partial charge is 0.376 e. The molecule has 26 heavy (non-hydrogen) atoms. The van der Waals surface area contributed by atoms with Gasteiger partial charge in [0.15, 0.2) is 0 Å². The summed E-state index contributed by atoms with van der Waals surface area (Å²) in [5, 5.41) is 8.90. The summed E-state index contributed by atoms with van der Waals surface area (Å²) in [5.41, 5.74) is 4.60. The van der Waals surface area contributed by atoms with E-state index in [1.165, 1.54) is 5.56 Å². The molecule has 2 aromatic carbocycles. The molecule has 0 saturated carbocycles. The third kappa shape index (κ3) is 5.34. The van der Waals surface area contributed by atoms with E-state index < -0.39 is 0 Å². The predicted octanol–water partition coefficient (Wildman–Crippen LogP) is 3.75. The Hall–Kier alpha value is -2.82. The van der Waals surface area contributed by atoms with Crippen LogP contribution >= 0.6 is 0 Å². The molecule has 0 saturated heterocycles. The van der Waals surface area contributed by atoms with Crippen molar-refractivity contribution in [2.75, 3.05) is 23.7 Å². The molecule has 0 aliphatic carbocycles. The highest BCUT2D eigenvalue weighted by atomic mass is 16.2. The van der Waals surface area contributed by atoms with Gasteiger partial charge in [-0.3, -0.25) is 9.59 Å². The zero-order chi connectivity index (χ0) is 18.9. The van der Waals surface area contributed by atoms with Gasteiger partial charge in [0.1, 0.15) is 0 Å². The van der Waals surface area contributed by atoms with Crippen molar-refractivity contribution in [2.45, 2.75) is 33.6 Å². The summed E-state index contributed by atoms with van der Waals surface area (Å²) in [6, 6.07) is 13.0. The number of nitrogens with one attached hydrogen (secondary N) is 3. The van der Waals surface area contributed by atoms with Gasteiger partial charge in [0.25, 0.3) is 5.91 Å². The summed E-state index contributed by atoms with van der Waals surface area (Å²) in [4.78, 5) is 24.1. The first kappa shape index (κ1) is 19.5. The lowest BCUT2D eigenvalue weighted by Crippen LogP contribution is -2.24. The summed E-state index contributed by atoms with van der Waals surface area (Å²) >= 11 is 0. The number of anilines is 2. The fourth-order valence-electron chi connectivity index (χ4n) is 2.70. The molecule has 0 radical (unpaired) electrons. The van der Waals surface area contributed by atoms with Crippen LogP contribution < -0.4 is 16.0 Å². The molecule has 2 rings (SSSR count). The Labute approximate surface area is 155 Å². The van der Waals surface area contributed by atoms with Crippen molar-refractivity contribution >= 4 is 23.2 Å². The van der Waals surface area contributed by atoms with Crippen molar-refractivity contribution in [3.63, 3.8) is 0 Å². The number of aryl methyl sites for hydroxylation is 2. The quantitative estimate of drug-likeness (QED) is 0.677. The molecular weight excluding hydrogens is 326 g/mol. The average molecular weight is 353 g/mol. The molecule has 0 bridgehead atoms. The maximum Gasteiger partial charge on any atom is 0.251 e. The predicted molar refractivity (Wildman–Crippen MR) is 107 cm³/mol. The molecular formula is C21H27N3O2. The summed E-state index contributed by atoms with van der Waals surface area (Å²) in [7, 11) is 0. The van der Waals surface area contributed by atoms with Crippen molar-refractivity contribution in [2.24, 2.45) is 0 Å². The first-order chi connectivity index (χ1) is 12.5. The SMILES string of the molecule is CCCNC(=O)c1ccc(NC(=O)CNc2c(C)cccc2CC)cc1. The van der Waals surface area contributed by atoms with E-state index in [2.05, 4.69) is 28.9 Å². The van der Waals surface area contributed by atoms with Gasteiger partial charge in [0.2, 0.25) is 5.91 Å². The lowest BCUT2D eigenvalue weighted by Gasteiger charge is -2.14. The molecule has 5 nitrogen and oxygen atoms in total. The van der Waals surface area contributed by atoms with Crippen LogP contribution in [-0.2, 0) is 11.2 Å². The number of amides is 2. The van der Waals surface area contributed by atoms with E-state index in [0.29, 0.717) is 17.8 Å². The van der Waals surface area contributed by atoms with Gasteiger partial charge in [-0.15, -0.1) is 0 Å². The van der Waals surface area contributed by atoms with Crippen molar-refractivity contribution in [1.29, 1.82) is 0 Å². The molecule has 5 heteroatoms. The van der Waals surface area contributed by atoms with E-state index in [9.17, 15) is 9.59 Å². The van der Waals surface area contributed by atoms with E-state index >= 15 is 0 Å². The van der Waals surface area contributed by atoms with Crippen LogP contribution in [-0.4, -0.2) is 24.9 Å². The van der Waals surface area contributed by atoms with Gasteiger partial charge in [-0.25, -0.2) is 0 Å². The Bertz CT molecular complexity index is 754. The van der Waals surface area contributed by atoms with Gasteiger partial charge in [-0.2, -0.15) is 0 Å². The second-order valence-electron chi connectivity index (χ2n) is 6.20. The van der Waals surface area contributed by atoms with Crippen LogP contribution in [0.15, 0.2) is 42.5 Å². The zero-order valence-electron chi connectivity index (χ0n) is 15.7. The van der Waals surface area contributed by atoms with E-state index in [1.807, 2.05) is 26.0 Å². The Balaban J connectivity index is 1.91. The van der Waals surface area contributed by atoms with Crippen molar-refractivity contribution in [1.82, 2.24) is 5.32 Å². The molecule has 138 valence electrons. The van der Waals surface area contributed by atoms with Gasteiger partial charge < -0.3 is 16.0 Å². The smallest absolute Gasteiger partial charge is 0.251 e. The first-order valence-corrected chi connectivity index (χ1v) is 9.05. The second kappa shape index (κ2) is 9.61. The lowest BCUT2D eigenvalue weighted by molar-refractivity contribution is -0.114. The number of carbonyl (C=O) groups excluding carboxylic acids is 2. The molecule has 0 unspecified atom stereocenters. The third-order valence-electron chi connectivity index (χ3n) is 4.13. The number of benzene rings is 2. The first-order valence-electron chi connectivity index (χ1n) is 9.05. The van der Waals surface area contributed by atoms with Crippen LogP contribution in [0.25, 0.3) is 0 Å². The molecule has 3 N–H and O–H groups in total. The molecule has 2 aromatic rings. The lowest BCUT2D eigenvalue weighted by atomic mass is 10.1. The molecule has 0 aliphatic rings. The fourth-order valence-corrected chi connectivity index (χ4v) is 2.70. The maximum absolute atomic E-state index is 12.2. The Morgan fingerprint density at radius 2 is 1.73 bits per heavy atom. The molecule has 0 fully saturated rings. The minimum atomic E-state index is -0.126. The highest BCUT2D eigenvalue weighted by molar-refractivity contribution is 5.96. The minimum absolute atomic E-state index is 0.0990. The number of para-hydroxylation sites is 1. The van der Waals surface area contributed by atoms with Crippen LogP contribution in [0.5, 0.6) is 0 Å². The Morgan fingerprint density at radius 1 is 1.00 bits per heavy atom. The Kier molecular flexibility index (Phi) is 7.21. The van der Waals surface area contributed by atoms with Crippen LogP contribution in [0.2, 0.25) is 0 Å². The maximum atomic E-state index is 12.2. The number of hydrogen-bond donors (Lipinski definition) is 3. The molecule has 0 aliphatic heterocycles. The Morgan fingerprint density at radius 3 is 2.38 bits per heavy atom. The van der Waals surface area contributed by atoms with Gasteiger partial charge in [0.05, 0.1) is 6.54 Å². The fraction of sp³-hybridized carbons (Fsp3) is 0.333. The van der Waals surface area contributed by atoms with Crippen LogP contribution in [0, 0.1) is 6.92 Å². The van der Waals surface area contributed by atoms with Crippen LogP contribution in [0.3, 0.4) is 0 Å². The topological polar surface area (TPSA) is 70.2 Å². The van der Waals surface area contributed by atoms with Gasteiger partial charge in [0, 0.05) is 23.5 Å². The standard InChI is InChI=1S/C21H27N3O2/c1-4-13-22-21(26)17-9-11-18(12-10-17)24-19(25)14-23-20-15(3)7-6-8-16(20)5-2/h6-12,23H,4-5,13-14H2,1-3H3,(H,22,26)(H,24,25). The van der Waals surface area contributed by atoms with Crippen LogP contribution in [0.1, 0.15) is 41.8 Å². The van der Waals surface area contributed by atoms with Crippen molar-refractivity contribution in [3.8, 4) is 0 Å². The van der Waals surface area contributed by atoms with Crippen molar-refractivity contribution in [3.05, 3.63) is 59.2 Å². The van der Waals surface area contributed by atoms with Gasteiger partial charge in [-0.1, -0.05) is 32.0 Å². The summed E-state index contributed by atoms with van der Waals surface area (Å²) in [6.45, 7) is 6.98. The van der Waals surface area contributed by atoms with E-state index in [1.54, 1.807) is 24.3 Å². The summed E-state index contributed by atoms with van der Waals surface area (Å²) < 4.78 is 0. The van der Waals surface area contributed by atoms with E-state index in [-0.39, 0.29) is 18.4 Å². The second-order valence-corrected chi connectivity index (χ2v) is 6.20. The molecule has 0 aromatic heterocycles. The minimum Gasteiger partial charge on any atom is -0.376 e. The van der Waals surface area contributed by atoms with E-state index in [4.69, 9.17) is 0 Å². The highest BCUT2D eigenvalue weighted by Crippen LogP contribution is 2.20. The zero-order valence-corrected chi connectivity index (χ0v) is 15.7. The van der Waals surface area contributed by atoms with Crippen molar-refractivity contribution < 1.29 is 9.59 Å². The number of rotatable bonds is 8. The van der Waals surface area contributed by atoms with E-state index in [0.717, 1.165) is 24.1 Å². The molecule has 0 atom stereocenters.